The average Bonchev–Trinajstić information content (AvgIpc) is 2.46. The molecule has 0 radical (unpaired) electrons. The number of ether oxygens (including phenoxy) is 1. The summed E-state index contributed by atoms with van der Waals surface area (Å²) in [6, 6.07) is 12.5. The van der Waals surface area contributed by atoms with Gasteiger partial charge < -0.3 is 10.5 Å². The van der Waals surface area contributed by atoms with E-state index in [0.29, 0.717) is 11.3 Å². The Morgan fingerprint density at radius 2 is 2.00 bits per heavy atom. The van der Waals surface area contributed by atoms with Crippen LogP contribution in [0.4, 0.5) is 5.69 Å². The van der Waals surface area contributed by atoms with Crippen LogP contribution in [0.25, 0.3) is 0 Å². The van der Waals surface area contributed by atoms with Gasteiger partial charge in [0.25, 0.3) is 5.69 Å². The summed E-state index contributed by atoms with van der Waals surface area (Å²) in [5.74, 6) is 0.704. The third-order valence-electron chi connectivity index (χ3n) is 3.39. The Labute approximate surface area is 123 Å². The molecule has 2 aromatic rings. The summed E-state index contributed by atoms with van der Waals surface area (Å²) in [5.41, 5.74) is 8.37. The molecule has 2 rings (SSSR count). The smallest absolute Gasteiger partial charge is 0.272 e. The molecule has 0 saturated carbocycles. The van der Waals surface area contributed by atoms with Crippen molar-refractivity contribution >= 4 is 5.69 Å². The lowest BCUT2D eigenvalue weighted by Gasteiger charge is -2.11. The molecule has 0 fully saturated rings. The van der Waals surface area contributed by atoms with Crippen LogP contribution in [0.15, 0.2) is 42.5 Å². The van der Waals surface area contributed by atoms with Crippen LogP contribution in [0.2, 0.25) is 0 Å². The summed E-state index contributed by atoms with van der Waals surface area (Å²) in [7, 11) is 0. The van der Waals surface area contributed by atoms with Gasteiger partial charge in [-0.2, -0.15) is 0 Å². The number of nitrogens with zero attached hydrogens (tertiary/aromatic N) is 1. The highest BCUT2D eigenvalue weighted by Crippen LogP contribution is 2.23. The molecule has 0 aliphatic carbocycles. The van der Waals surface area contributed by atoms with E-state index in [1.54, 1.807) is 13.0 Å². The molecule has 5 heteroatoms. The minimum absolute atomic E-state index is 0.0619. The largest absolute Gasteiger partial charge is 0.489 e. The molecule has 0 spiro atoms. The van der Waals surface area contributed by atoms with Crippen molar-refractivity contribution in [2.24, 2.45) is 5.73 Å². The van der Waals surface area contributed by atoms with Crippen LogP contribution < -0.4 is 10.5 Å². The van der Waals surface area contributed by atoms with Crippen molar-refractivity contribution in [3.05, 3.63) is 69.3 Å². The van der Waals surface area contributed by atoms with Crippen LogP contribution in [0.1, 0.15) is 29.7 Å². The molecular formula is C16H18N2O3. The Kier molecular flexibility index (Phi) is 4.55. The summed E-state index contributed by atoms with van der Waals surface area (Å²) in [4.78, 5) is 10.5. The van der Waals surface area contributed by atoms with E-state index in [0.717, 1.165) is 11.1 Å². The minimum atomic E-state index is -0.379. The van der Waals surface area contributed by atoms with E-state index in [1.165, 1.54) is 6.07 Å². The van der Waals surface area contributed by atoms with Gasteiger partial charge in [-0.05, 0) is 37.1 Å². The molecule has 0 aliphatic heterocycles. The molecule has 5 nitrogen and oxygen atoms in total. The van der Waals surface area contributed by atoms with Crippen LogP contribution in [0.5, 0.6) is 5.75 Å². The van der Waals surface area contributed by atoms with Crippen LogP contribution in [-0.4, -0.2) is 4.92 Å². The van der Waals surface area contributed by atoms with Crippen molar-refractivity contribution in [3.8, 4) is 5.75 Å². The fourth-order valence-electron chi connectivity index (χ4n) is 2.07. The molecule has 0 aliphatic rings. The predicted molar refractivity (Wildman–Crippen MR) is 81.2 cm³/mol. The van der Waals surface area contributed by atoms with Gasteiger partial charge in [-0.15, -0.1) is 0 Å². The second-order valence-corrected chi connectivity index (χ2v) is 4.97. The fraction of sp³-hybridized carbons (Fsp3) is 0.250. The molecular weight excluding hydrogens is 268 g/mol. The van der Waals surface area contributed by atoms with E-state index in [9.17, 15) is 10.1 Å². The van der Waals surface area contributed by atoms with Gasteiger partial charge in [0.2, 0.25) is 0 Å². The summed E-state index contributed by atoms with van der Waals surface area (Å²) >= 11 is 0. The summed E-state index contributed by atoms with van der Waals surface area (Å²) in [6.07, 6.45) is 0. The Balaban J connectivity index is 2.15. The summed E-state index contributed by atoms with van der Waals surface area (Å²) < 4.78 is 5.72. The lowest BCUT2D eigenvalue weighted by atomic mass is 10.1. The van der Waals surface area contributed by atoms with Crippen molar-refractivity contribution in [1.29, 1.82) is 0 Å². The van der Waals surface area contributed by atoms with E-state index >= 15 is 0 Å². The number of benzene rings is 2. The molecule has 110 valence electrons. The van der Waals surface area contributed by atoms with Gasteiger partial charge in [0.1, 0.15) is 12.4 Å². The topological polar surface area (TPSA) is 78.4 Å². The van der Waals surface area contributed by atoms with Gasteiger partial charge in [-0.1, -0.05) is 24.3 Å². The number of nitro groups is 1. The summed E-state index contributed by atoms with van der Waals surface area (Å²) in [5, 5.41) is 10.9. The van der Waals surface area contributed by atoms with Crippen LogP contribution >= 0.6 is 0 Å². The standard InChI is InChI=1S/C16H18N2O3/c1-11-14(6-4-8-16(11)18(19)20)10-21-15-7-3-5-13(9-15)12(2)17/h3-9,12H,10,17H2,1-2H3. The zero-order valence-electron chi connectivity index (χ0n) is 12.1. The highest BCUT2D eigenvalue weighted by Gasteiger charge is 2.13. The van der Waals surface area contributed by atoms with Gasteiger partial charge in [0.15, 0.2) is 0 Å². The van der Waals surface area contributed by atoms with Gasteiger partial charge >= 0.3 is 0 Å². The van der Waals surface area contributed by atoms with Gasteiger partial charge in [0.05, 0.1) is 4.92 Å². The van der Waals surface area contributed by atoms with E-state index < -0.39 is 0 Å². The first-order valence-electron chi connectivity index (χ1n) is 6.70. The van der Waals surface area contributed by atoms with Gasteiger partial charge in [-0.3, -0.25) is 10.1 Å². The van der Waals surface area contributed by atoms with E-state index in [4.69, 9.17) is 10.5 Å². The van der Waals surface area contributed by atoms with Crippen molar-refractivity contribution in [2.75, 3.05) is 0 Å². The molecule has 0 aromatic heterocycles. The highest BCUT2D eigenvalue weighted by atomic mass is 16.6. The van der Waals surface area contributed by atoms with Crippen LogP contribution in [0.3, 0.4) is 0 Å². The van der Waals surface area contributed by atoms with Gasteiger partial charge in [0, 0.05) is 17.7 Å². The van der Waals surface area contributed by atoms with Crippen molar-refractivity contribution in [3.63, 3.8) is 0 Å². The molecule has 21 heavy (non-hydrogen) atoms. The van der Waals surface area contributed by atoms with E-state index in [2.05, 4.69) is 0 Å². The Morgan fingerprint density at radius 1 is 1.29 bits per heavy atom. The molecule has 0 saturated heterocycles. The number of hydrogen-bond acceptors (Lipinski definition) is 4. The van der Waals surface area contributed by atoms with Crippen molar-refractivity contribution in [1.82, 2.24) is 0 Å². The second kappa shape index (κ2) is 6.37. The number of hydrogen-bond donors (Lipinski definition) is 1. The fourth-order valence-corrected chi connectivity index (χ4v) is 2.07. The van der Waals surface area contributed by atoms with Crippen molar-refractivity contribution < 1.29 is 9.66 Å². The normalized spacial score (nSPS) is 12.0. The van der Waals surface area contributed by atoms with E-state index in [1.807, 2.05) is 37.3 Å². The molecule has 0 heterocycles. The quantitative estimate of drug-likeness (QED) is 0.674. The monoisotopic (exact) mass is 286 g/mol. The average molecular weight is 286 g/mol. The first kappa shape index (κ1) is 15.0. The van der Waals surface area contributed by atoms with Crippen LogP contribution in [0, 0.1) is 17.0 Å². The maximum Gasteiger partial charge on any atom is 0.272 e. The summed E-state index contributed by atoms with van der Waals surface area (Å²) in [6.45, 7) is 3.93. The third-order valence-corrected chi connectivity index (χ3v) is 3.39. The second-order valence-electron chi connectivity index (χ2n) is 4.97. The van der Waals surface area contributed by atoms with Crippen LogP contribution in [-0.2, 0) is 6.61 Å². The lowest BCUT2D eigenvalue weighted by molar-refractivity contribution is -0.385. The minimum Gasteiger partial charge on any atom is -0.489 e. The maximum absolute atomic E-state index is 10.9. The predicted octanol–water partition coefficient (Wildman–Crippen LogP) is 3.50. The Bertz CT molecular complexity index is 654. The zero-order valence-corrected chi connectivity index (χ0v) is 12.1. The number of nitro benzene ring substituents is 1. The molecule has 2 aromatic carbocycles. The maximum atomic E-state index is 10.9. The molecule has 1 unspecified atom stereocenters. The first-order chi connectivity index (χ1) is 9.99. The Hall–Kier alpha value is -2.40. The van der Waals surface area contributed by atoms with Gasteiger partial charge in [-0.25, -0.2) is 0 Å². The number of rotatable bonds is 5. The highest BCUT2D eigenvalue weighted by molar-refractivity contribution is 5.44. The Morgan fingerprint density at radius 3 is 2.67 bits per heavy atom. The first-order valence-corrected chi connectivity index (χ1v) is 6.70. The number of nitrogens with two attached hydrogens (primary N) is 1. The molecule has 0 bridgehead atoms. The van der Waals surface area contributed by atoms with Crippen molar-refractivity contribution in [2.45, 2.75) is 26.5 Å². The molecule has 2 N–H and O–H groups in total. The third kappa shape index (κ3) is 3.58. The SMILES string of the molecule is Cc1c(COc2cccc(C(C)N)c2)cccc1[N+](=O)[O-]. The molecule has 1 atom stereocenters. The van der Waals surface area contributed by atoms with E-state index in [-0.39, 0.29) is 23.3 Å². The lowest BCUT2D eigenvalue weighted by Crippen LogP contribution is -2.05. The zero-order chi connectivity index (χ0) is 15.4. The molecule has 0 amide bonds.